The van der Waals surface area contributed by atoms with E-state index in [9.17, 15) is 4.79 Å². The lowest BCUT2D eigenvalue weighted by atomic mass is 10.1. The maximum absolute atomic E-state index is 12.6. The highest BCUT2D eigenvalue weighted by Gasteiger charge is 2.36. The van der Waals surface area contributed by atoms with Crippen LogP contribution in [0.1, 0.15) is 38.7 Å². The summed E-state index contributed by atoms with van der Waals surface area (Å²) >= 11 is 1.86. The third-order valence-electron chi connectivity index (χ3n) is 4.25. The van der Waals surface area contributed by atoms with Crippen LogP contribution < -0.4 is 0 Å². The average Bonchev–Trinajstić information content (AvgIpc) is 2.70. The molecule has 1 aromatic carbocycles. The van der Waals surface area contributed by atoms with E-state index in [1.807, 2.05) is 11.8 Å². The molecule has 0 N–H and O–H groups in total. The topological polar surface area (TPSA) is 20.3 Å². The van der Waals surface area contributed by atoms with Gasteiger partial charge in [0.15, 0.2) is 0 Å². The predicted octanol–water partition coefficient (Wildman–Crippen LogP) is 4.05. The van der Waals surface area contributed by atoms with E-state index in [1.165, 1.54) is 4.90 Å². The SMILES string of the molecule is CC(C)Sc1ccc(CC(=O)N2[C@H]3CC=C[C@H]2CC3)cc1. The van der Waals surface area contributed by atoms with Gasteiger partial charge in [-0.05, 0) is 37.0 Å². The van der Waals surface area contributed by atoms with Crippen LogP contribution in [-0.2, 0) is 11.2 Å². The first-order chi connectivity index (χ1) is 10.1. The Morgan fingerprint density at radius 1 is 1.29 bits per heavy atom. The maximum Gasteiger partial charge on any atom is 0.227 e. The monoisotopic (exact) mass is 301 g/mol. The van der Waals surface area contributed by atoms with Gasteiger partial charge in [0.2, 0.25) is 5.91 Å². The molecular weight excluding hydrogens is 278 g/mol. The molecule has 112 valence electrons. The van der Waals surface area contributed by atoms with Crippen LogP contribution in [0.15, 0.2) is 41.3 Å². The minimum absolute atomic E-state index is 0.288. The number of hydrogen-bond acceptors (Lipinski definition) is 2. The van der Waals surface area contributed by atoms with Gasteiger partial charge in [0.25, 0.3) is 0 Å². The Kier molecular flexibility index (Phi) is 4.39. The Morgan fingerprint density at radius 3 is 2.71 bits per heavy atom. The van der Waals surface area contributed by atoms with E-state index >= 15 is 0 Å². The number of hydrogen-bond donors (Lipinski definition) is 0. The van der Waals surface area contributed by atoms with E-state index in [2.05, 4.69) is 55.2 Å². The summed E-state index contributed by atoms with van der Waals surface area (Å²) in [6.07, 6.45) is 8.32. The molecule has 2 nitrogen and oxygen atoms in total. The fraction of sp³-hybridized carbons (Fsp3) is 0.500. The van der Waals surface area contributed by atoms with Crippen molar-refractivity contribution in [1.29, 1.82) is 0 Å². The third kappa shape index (κ3) is 3.34. The van der Waals surface area contributed by atoms with Crippen molar-refractivity contribution in [2.75, 3.05) is 0 Å². The van der Waals surface area contributed by atoms with Gasteiger partial charge in [-0.3, -0.25) is 4.79 Å². The third-order valence-corrected chi connectivity index (χ3v) is 5.27. The van der Waals surface area contributed by atoms with Gasteiger partial charge in [0.1, 0.15) is 0 Å². The van der Waals surface area contributed by atoms with Gasteiger partial charge in [-0.25, -0.2) is 0 Å². The Bertz CT molecular complexity index is 535. The molecule has 1 amide bonds. The summed E-state index contributed by atoms with van der Waals surface area (Å²) in [5.41, 5.74) is 1.13. The number of fused-ring (bicyclic) bond motifs is 2. The molecule has 2 bridgehead atoms. The number of benzene rings is 1. The molecule has 2 aliphatic heterocycles. The molecule has 3 heteroatoms. The van der Waals surface area contributed by atoms with Crippen LogP contribution in [0.25, 0.3) is 0 Å². The molecule has 1 fully saturated rings. The van der Waals surface area contributed by atoms with Crippen LogP contribution in [-0.4, -0.2) is 28.1 Å². The molecule has 0 unspecified atom stereocenters. The minimum Gasteiger partial charge on any atom is -0.333 e. The van der Waals surface area contributed by atoms with Gasteiger partial charge in [-0.15, -0.1) is 11.8 Å². The van der Waals surface area contributed by atoms with E-state index in [4.69, 9.17) is 0 Å². The average molecular weight is 301 g/mol. The first-order valence-electron chi connectivity index (χ1n) is 7.87. The Balaban J connectivity index is 1.64. The summed E-state index contributed by atoms with van der Waals surface area (Å²) < 4.78 is 0. The van der Waals surface area contributed by atoms with Crippen molar-refractivity contribution in [1.82, 2.24) is 4.90 Å². The van der Waals surface area contributed by atoms with E-state index in [0.29, 0.717) is 23.8 Å². The zero-order valence-electron chi connectivity index (χ0n) is 12.8. The summed E-state index contributed by atoms with van der Waals surface area (Å²) in [6, 6.07) is 9.28. The quantitative estimate of drug-likeness (QED) is 0.618. The molecule has 0 aromatic heterocycles. The molecule has 2 aliphatic rings. The van der Waals surface area contributed by atoms with Crippen molar-refractivity contribution >= 4 is 17.7 Å². The molecule has 0 spiro atoms. The zero-order valence-corrected chi connectivity index (χ0v) is 13.6. The van der Waals surface area contributed by atoms with Crippen molar-refractivity contribution in [2.24, 2.45) is 0 Å². The van der Waals surface area contributed by atoms with Gasteiger partial charge < -0.3 is 4.90 Å². The lowest BCUT2D eigenvalue weighted by Crippen LogP contribution is -2.42. The first-order valence-corrected chi connectivity index (χ1v) is 8.75. The Morgan fingerprint density at radius 2 is 2.05 bits per heavy atom. The number of carbonyl (C=O) groups excluding carboxylic acids is 1. The minimum atomic E-state index is 0.288. The van der Waals surface area contributed by atoms with Crippen LogP contribution >= 0.6 is 11.8 Å². The summed E-state index contributed by atoms with van der Waals surface area (Å²) in [4.78, 5) is 16.0. The second-order valence-electron chi connectivity index (χ2n) is 6.25. The van der Waals surface area contributed by atoms with Crippen molar-refractivity contribution < 1.29 is 4.79 Å². The second-order valence-corrected chi connectivity index (χ2v) is 7.90. The highest BCUT2D eigenvalue weighted by molar-refractivity contribution is 7.99. The van der Waals surface area contributed by atoms with Crippen LogP contribution in [0.4, 0.5) is 0 Å². The molecular formula is C18H23NOS. The second kappa shape index (κ2) is 6.27. The fourth-order valence-corrected chi connectivity index (χ4v) is 4.18. The fourth-order valence-electron chi connectivity index (χ4n) is 3.34. The van der Waals surface area contributed by atoms with Gasteiger partial charge in [-0.2, -0.15) is 0 Å². The molecule has 1 saturated heterocycles. The number of thioether (sulfide) groups is 1. The molecule has 0 saturated carbocycles. The van der Waals surface area contributed by atoms with Gasteiger partial charge >= 0.3 is 0 Å². The number of rotatable bonds is 4. The van der Waals surface area contributed by atoms with Crippen LogP contribution in [0, 0.1) is 0 Å². The molecule has 2 heterocycles. The molecule has 0 radical (unpaired) electrons. The standard InChI is InChI=1S/C18H23NOS/c1-13(2)21-17-10-6-14(7-11-17)12-18(20)19-15-4-3-5-16(19)9-8-15/h3-4,6-7,10-11,13,15-16H,5,8-9,12H2,1-2H3/t15-,16-/m0/s1. The van der Waals surface area contributed by atoms with E-state index < -0.39 is 0 Å². The number of nitrogens with zero attached hydrogens (tertiary/aromatic N) is 1. The van der Waals surface area contributed by atoms with Gasteiger partial charge in [0, 0.05) is 16.2 Å². The summed E-state index contributed by atoms with van der Waals surface area (Å²) in [6.45, 7) is 4.39. The molecule has 21 heavy (non-hydrogen) atoms. The van der Waals surface area contributed by atoms with Crippen LogP contribution in [0.5, 0.6) is 0 Å². The van der Waals surface area contributed by atoms with Crippen molar-refractivity contribution in [3.05, 3.63) is 42.0 Å². The van der Waals surface area contributed by atoms with E-state index in [-0.39, 0.29) is 5.91 Å². The summed E-state index contributed by atoms with van der Waals surface area (Å²) in [5.74, 6) is 0.288. The Labute approximate surface area is 131 Å². The van der Waals surface area contributed by atoms with E-state index in [1.54, 1.807) is 0 Å². The molecule has 2 atom stereocenters. The normalized spacial score (nSPS) is 23.9. The maximum atomic E-state index is 12.6. The number of amides is 1. The molecule has 0 aliphatic carbocycles. The molecule has 3 rings (SSSR count). The van der Waals surface area contributed by atoms with Gasteiger partial charge in [0.05, 0.1) is 12.5 Å². The molecule has 1 aromatic rings. The van der Waals surface area contributed by atoms with Crippen LogP contribution in [0.2, 0.25) is 0 Å². The smallest absolute Gasteiger partial charge is 0.227 e. The predicted molar refractivity (Wildman–Crippen MR) is 88.6 cm³/mol. The number of carbonyl (C=O) groups is 1. The van der Waals surface area contributed by atoms with Crippen molar-refractivity contribution in [3.8, 4) is 0 Å². The zero-order chi connectivity index (χ0) is 14.8. The highest BCUT2D eigenvalue weighted by atomic mass is 32.2. The van der Waals surface area contributed by atoms with Crippen molar-refractivity contribution in [3.63, 3.8) is 0 Å². The lowest BCUT2D eigenvalue weighted by molar-refractivity contribution is -0.132. The largest absolute Gasteiger partial charge is 0.333 e. The van der Waals surface area contributed by atoms with Crippen LogP contribution in [0.3, 0.4) is 0 Å². The summed E-state index contributed by atoms with van der Waals surface area (Å²) in [7, 11) is 0. The summed E-state index contributed by atoms with van der Waals surface area (Å²) in [5, 5.41) is 0.591. The lowest BCUT2D eigenvalue weighted by Gasteiger charge is -2.31. The van der Waals surface area contributed by atoms with Gasteiger partial charge in [-0.1, -0.05) is 38.1 Å². The highest BCUT2D eigenvalue weighted by Crippen LogP contribution is 2.32. The van der Waals surface area contributed by atoms with Crippen molar-refractivity contribution in [2.45, 2.75) is 61.8 Å². The first kappa shape index (κ1) is 14.7. The Hall–Kier alpha value is -1.22. The van der Waals surface area contributed by atoms with E-state index in [0.717, 1.165) is 24.8 Å².